The van der Waals surface area contributed by atoms with E-state index in [0.717, 1.165) is 51.4 Å². The van der Waals surface area contributed by atoms with Gasteiger partial charge in [0, 0.05) is 25.0 Å². The van der Waals surface area contributed by atoms with Crippen LogP contribution in [0.5, 0.6) is 0 Å². The number of unbranched alkanes of at least 4 members (excludes halogenated alkanes) is 2. The van der Waals surface area contributed by atoms with Crippen LogP contribution < -0.4 is 21.3 Å². The van der Waals surface area contributed by atoms with Gasteiger partial charge < -0.3 is 26.2 Å². The fraction of sp³-hybridized carbons (Fsp3) is 0.722. The van der Waals surface area contributed by atoms with Gasteiger partial charge in [0.1, 0.15) is 23.8 Å². The Labute approximate surface area is 289 Å². The summed E-state index contributed by atoms with van der Waals surface area (Å²) in [4.78, 5) is 91.1. The largest absolute Gasteiger partial charge is 0.347 e. The Kier molecular flexibility index (Phi) is 12.9. The van der Waals surface area contributed by atoms with E-state index in [4.69, 9.17) is 0 Å². The molecule has 13 heteroatoms. The first-order valence-electron chi connectivity index (χ1n) is 18.1. The summed E-state index contributed by atoms with van der Waals surface area (Å²) >= 11 is 0. The van der Waals surface area contributed by atoms with Crippen LogP contribution in [-0.2, 0) is 24.0 Å². The monoisotopic (exact) mass is 681 g/mol. The fourth-order valence-electron chi connectivity index (χ4n) is 7.17. The van der Waals surface area contributed by atoms with Crippen molar-refractivity contribution >= 4 is 35.3 Å². The van der Waals surface area contributed by atoms with Crippen LogP contribution in [0.25, 0.3) is 0 Å². The maximum atomic E-state index is 14.5. The number of hydrogen-bond acceptors (Lipinski definition) is 8. The SMILES string of the molecule is CCCCCC(NC(=O)[C@@H]1[C@H]2CCC[C@H]2CN1C(=O)C(NC(=O)C(NC(=O)c1cnccn1)C(C)C)C(C)(C)C)C(=O)C(=O)NC1CCC1. The molecule has 0 spiro atoms. The second-order valence-corrected chi connectivity index (χ2v) is 15.4. The second-order valence-electron chi connectivity index (χ2n) is 15.4. The normalized spacial score (nSPS) is 22.3. The van der Waals surface area contributed by atoms with E-state index in [9.17, 15) is 28.8 Å². The number of aromatic nitrogens is 2. The maximum absolute atomic E-state index is 14.5. The zero-order valence-electron chi connectivity index (χ0n) is 29.9. The molecule has 1 aromatic heterocycles. The number of nitrogens with zero attached hydrogens (tertiary/aromatic N) is 3. The van der Waals surface area contributed by atoms with Gasteiger partial charge in [-0.05, 0) is 61.7 Å². The van der Waals surface area contributed by atoms with E-state index in [1.165, 1.54) is 18.6 Å². The molecule has 2 aliphatic carbocycles. The Balaban J connectivity index is 1.54. The van der Waals surface area contributed by atoms with Crippen molar-refractivity contribution in [1.29, 1.82) is 0 Å². The van der Waals surface area contributed by atoms with E-state index < -0.39 is 64.9 Å². The Hall–Kier alpha value is -3.90. The summed E-state index contributed by atoms with van der Waals surface area (Å²) in [6.45, 7) is 11.5. The molecular formula is C36H55N7O6. The van der Waals surface area contributed by atoms with E-state index >= 15 is 0 Å². The van der Waals surface area contributed by atoms with Crippen LogP contribution in [0.3, 0.4) is 0 Å². The molecule has 3 aliphatic rings. The van der Waals surface area contributed by atoms with Gasteiger partial charge in [-0.2, -0.15) is 0 Å². The van der Waals surface area contributed by atoms with Gasteiger partial charge in [-0.1, -0.05) is 67.2 Å². The van der Waals surface area contributed by atoms with Crippen molar-refractivity contribution in [3.8, 4) is 0 Å². The molecule has 13 nitrogen and oxygen atoms in total. The number of likely N-dealkylation sites (tertiary alicyclic amines) is 1. The third kappa shape index (κ3) is 9.42. The van der Waals surface area contributed by atoms with Crippen molar-refractivity contribution in [2.75, 3.05) is 6.54 Å². The summed E-state index contributed by atoms with van der Waals surface area (Å²) < 4.78 is 0. The zero-order chi connectivity index (χ0) is 35.9. The maximum Gasteiger partial charge on any atom is 0.289 e. The molecule has 0 radical (unpaired) electrons. The second kappa shape index (κ2) is 16.7. The van der Waals surface area contributed by atoms with Crippen molar-refractivity contribution < 1.29 is 28.8 Å². The Morgan fingerprint density at radius 2 is 1.65 bits per heavy atom. The number of fused-ring (bicyclic) bond motifs is 1. The van der Waals surface area contributed by atoms with Crippen molar-refractivity contribution in [3.63, 3.8) is 0 Å². The topological polar surface area (TPSA) is 180 Å². The number of carbonyl (C=O) groups excluding carboxylic acids is 6. The molecule has 6 atom stereocenters. The van der Waals surface area contributed by atoms with E-state index in [1.807, 2.05) is 27.7 Å². The summed E-state index contributed by atoms with van der Waals surface area (Å²) in [6.07, 6.45) is 12.2. The molecule has 49 heavy (non-hydrogen) atoms. The summed E-state index contributed by atoms with van der Waals surface area (Å²) in [7, 11) is 0. The quantitative estimate of drug-likeness (QED) is 0.161. The van der Waals surface area contributed by atoms with Gasteiger partial charge in [0.25, 0.3) is 11.8 Å². The molecule has 4 rings (SSSR count). The highest BCUT2D eigenvalue weighted by molar-refractivity contribution is 6.38. The third-order valence-corrected chi connectivity index (χ3v) is 10.3. The molecule has 4 N–H and O–H groups in total. The highest BCUT2D eigenvalue weighted by Gasteiger charge is 2.52. The van der Waals surface area contributed by atoms with Gasteiger partial charge in [-0.3, -0.25) is 33.8 Å². The minimum Gasteiger partial charge on any atom is -0.347 e. The Morgan fingerprint density at radius 3 is 2.24 bits per heavy atom. The van der Waals surface area contributed by atoms with Crippen LogP contribution in [0.2, 0.25) is 0 Å². The first-order chi connectivity index (χ1) is 23.2. The van der Waals surface area contributed by atoms with Crippen molar-refractivity contribution in [2.24, 2.45) is 23.2 Å². The average molecular weight is 682 g/mol. The molecule has 1 aromatic rings. The van der Waals surface area contributed by atoms with Crippen LogP contribution in [-0.4, -0.2) is 86.9 Å². The highest BCUT2D eigenvalue weighted by Crippen LogP contribution is 2.43. The van der Waals surface area contributed by atoms with Gasteiger partial charge in [0.05, 0.1) is 12.2 Å². The molecule has 3 fully saturated rings. The molecule has 270 valence electrons. The van der Waals surface area contributed by atoms with E-state index in [0.29, 0.717) is 19.4 Å². The average Bonchev–Trinajstić information content (AvgIpc) is 3.64. The lowest BCUT2D eigenvalue weighted by Crippen LogP contribution is -2.62. The van der Waals surface area contributed by atoms with Gasteiger partial charge in [-0.25, -0.2) is 4.98 Å². The van der Waals surface area contributed by atoms with Crippen LogP contribution >= 0.6 is 0 Å². The Morgan fingerprint density at radius 1 is 0.939 bits per heavy atom. The smallest absolute Gasteiger partial charge is 0.289 e. The molecule has 0 bridgehead atoms. The van der Waals surface area contributed by atoms with Crippen LogP contribution in [0.4, 0.5) is 0 Å². The molecule has 1 saturated heterocycles. The lowest BCUT2D eigenvalue weighted by Gasteiger charge is -2.37. The molecule has 0 aromatic carbocycles. The first-order valence-corrected chi connectivity index (χ1v) is 18.1. The molecule has 3 unspecified atom stereocenters. The number of carbonyl (C=O) groups is 6. The highest BCUT2D eigenvalue weighted by atomic mass is 16.2. The third-order valence-electron chi connectivity index (χ3n) is 10.3. The molecule has 5 amide bonds. The van der Waals surface area contributed by atoms with Crippen LogP contribution in [0.1, 0.15) is 116 Å². The Bertz CT molecular complexity index is 1360. The predicted octanol–water partition coefficient (Wildman–Crippen LogP) is 2.69. The molecule has 1 aliphatic heterocycles. The zero-order valence-corrected chi connectivity index (χ0v) is 29.9. The molecule has 2 saturated carbocycles. The van der Waals surface area contributed by atoms with Crippen molar-refractivity contribution in [2.45, 2.75) is 136 Å². The van der Waals surface area contributed by atoms with Crippen LogP contribution in [0, 0.1) is 23.2 Å². The van der Waals surface area contributed by atoms with Crippen LogP contribution in [0.15, 0.2) is 18.6 Å². The minimum absolute atomic E-state index is 0.00851. The summed E-state index contributed by atoms with van der Waals surface area (Å²) in [5.74, 6) is -3.55. The fourth-order valence-corrected chi connectivity index (χ4v) is 7.17. The minimum atomic E-state index is -1.01. The van der Waals surface area contributed by atoms with Crippen molar-refractivity contribution in [3.05, 3.63) is 24.3 Å². The number of ketones is 1. The lowest BCUT2D eigenvalue weighted by molar-refractivity contribution is -0.146. The van der Waals surface area contributed by atoms with Gasteiger partial charge in [0.15, 0.2) is 0 Å². The number of rotatable bonds is 15. The molecule has 2 heterocycles. The number of hydrogen-bond donors (Lipinski definition) is 4. The van der Waals surface area contributed by atoms with E-state index in [1.54, 1.807) is 18.7 Å². The summed E-state index contributed by atoms with van der Waals surface area (Å²) in [5, 5.41) is 11.4. The van der Waals surface area contributed by atoms with Crippen molar-refractivity contribution in [1.82, 2.24) is 36.1 Å². The number of nitrogens with one attached hydrogen (secondary N) is 4. The van der Waals surface area contributed by atoms with E-state index in [-0.39, 0.29) is 29.5 Å². The molecular weight excluding hydrogens is 626 g/mol. The van der Waals surface area contributed by atoms with E-state index in [2.05, 4.69) is 31.2 Å². The van der Waals surface area contributed by atoms with Gasteiger partial charge >= 0.3 is 0 Å². The number of Topliss-reactive ketones (excluding diaryl/α,β-unsaturated/α-hetero) is 1. The number of amides is 5. The summed E-state index contributed by atoms with van der Waals surface area (Å²) in [6, 6.07) is -3.82. The predicted molar refractivity (Wildman–Crippen MR) is 183 cm³/mol. The van der Waals surface area contributed by atoms with Gasteiger partial charge in [0.2, 0.25) is 23.5 Å². The van der Waals surface area contributed by atoms with Gasteiger partial charge in [-0.15, -0.1) is 0 Å². The summed E-state index contributed by atoms with van der Waals surface area (Å²) in [5.41, 5.74) is -0.686. The standard InChI is InChI=1S/C36H55N7O6/c1-7-8-9-16-25(29(44)34(48)39-23-13-11-14-23)40-33(47)28-24-15-10-12-22(24)20-43(28)35(49)30(36(4,5)6)42-32(46)27(21(2)3)41-31(45)26-19-37-17-18-38-26/h17-19,21-25,27-28,30H,7-16,20H2,1-6H3,(H,39,48)(H,40,47)(H,41,45)(H,42,46)/t22-,24-,25?,27?,28-,30?/m0/s1. The lowest BCUT2D eigenvalue weighted by atomic mass is 9.85. The first kappa shape index (κ1) is 37.9.